The van der Waals surface area contributed by atoms with Gasteiger partial charge < -0.3 is 0 Å². The number of anilines is 1. The molecule has 0 bridgehead atoms. The predicted octanol–water partition coefficient (Wildman–Crippen LogP) is 6.29. The molecule has 1 radical (unpaired) electrons. The minimum Gasteiger partial charge on any atom is -0.248 e. The highest BCUT2D eigenvalue weighted by Crippen LogP contribution is 2.38. The highest BCUT2D eigenvalue weighted by Gasteiger charge is 2.29. The predicted molar refractivity (Wildman–Crippen MR) is 95.4 cm³/mol. The maximum Gasteiger partial charge on any atom is 0.446 e. The Balaban J connectivity index is 1.77. The maximum atomic E-state index is 12.4. The molecule has 0 saturated carbocycles. The first kappa shape index (κ1) is 17.5. The van der Waals surface area contributed by atoms with Gasteiger partial charge in [-0.15, -0.1) is 0 Å². The van der Waals surface area contributed by atoms with Gasteiger partial charge in [0.15, 0.2) is 0 Å². The Morgan fingerprint density at radius 1 is 1.12 bits per heavy atom. The minimum atomic E-state index is -4.28. The van der Waals surface area contributed by atoms with E-state index in [1.165, 1.54) is 23.9 Å². The summed E-state index contributed by atoms with van der Waals surface area (Å²) in [4.78, 5) is 0.154. The Hall–Kier alpha value is -1.31. The summed E-state index contributed by atoms with van der Waals surface area (Å²) < 4.78 is 37.1. The Labute approximate surface area is 151 Å². The van der Waals surface area contributed by atoms with Crippen LogP contribution in [0.4, 0.5) is 18.9 Å². The molecule has 2 nitrogen and oxygen atoms in total. The van der Waals surface area contributed by atoms with Crippen LogP contribution in [0.1, 0.15) is 11.1 Å². The fourth-order valence-corrected chi connectivity index (χ4v) is 3.50. The van der Waals surface area contributed by atoms with Crippen LogP contribution in [0.25, 0.3) is 0 Å². The molecule has 0 fully saturated rings. The third-order valence-corrected chi connectivity index (χ3v) is 5.21. The molecule has 0 atom stereocenters. The molecule has 0 aromatic heterocycles. The molecule has 125 valence electrons. The SMILES string of the molecule is Cc1ccc(N2[CH]SC(c3ccc(SC(F)(F)F)cc3)=N2)cc1Cl. The number of hydrazone groups is 1. The fourth-order valence-electron chi connectivity index (χ4n) is 2.01. The number of hydrogen-bond acceptors (Lipinski definition) is 4. The summed E-state index contributed by atoms with van der Waals surface area (Å²) in [5.74, 6) is 1.83. The van der Waals surface area contributed by atoms with Gasteiger partial charge in [0.05, 0.1) is 5.69 Å². The van der Waals surface area contributed by atoms with Gasteiger partial charge in [-0.25, -0.2) is 5.01 Å². The molecular weight excluding hydrogens is 377 g/mol. The second-order valence-electron chi connectivity index (χ2n) is 4.98. The average molecular weight is 388 g/mol. The zero-order valence-electron chi connectivity index (χ0n) is 12.3. The molecule has 3 rings (SSSR count). The van der Waals surface area contributed by atoms with Gasteiger partial charge in [-0.05, 0) is 48.5 Å². The third kappa shape index (κ3) is 4.20. The summed E-state index contributed by atoms with van der Waals surface area (Å²) in [5, 5.41) is 7.54. The van der Waals surface area contributed by atoms with Crippen LogP contribution >= 0.6 is 35.1 Å². The fraction of sp³-hybridized carbons (Fsp3) is 0.125. The molecule has 2 aromatic carbocycles. The number of alkyl halides is 3. The molecular formula is C16H11ClF3N2S2. The van der Waals surface area contributed by atoms with Crippen molar-refractivity contribution in [3.05, 3.63) is 64.5 Å². The van der Waals surface area contributed by atoms with E-state index in [0.717, 1.165) is 21.9 Å². The minimum absolute atomic E-state index is 0.127. The molecule has 1 aliphatic rings. The van der Waals surface area contributed by atoms with Crippen LogP contribution in [0.15, 0.2) is 52.5 Å². The zero-order chi connectivity index (χ0) is 17.3. The van der Waals surface area contributed by atoms with Crippen molar-refractivity contribution in [3.63, 3.8) is 0 Å². The van der Waals surface area contributed by atoms with E-state index < -0.39 is 5.51 Å². The molecule has 0 aliphatic carbocycles. The Morgan fingerprint density at radius 2 is 1.83 bits per heavy atom. The number of benzene rings is 2. The summed E-state index contributed by atoms with van der Waals surface area (Å²) in [6.45, 7) is 1.92. The summed E-state index contributed by atoms with van der Waals surface area (Å²) in [7, 11) is 0. The first-order valence-corrected chi connectivity index (χ1v) is 8.89. The van der Waals surface area contributed by atoms with E-state index in [0.29, 0.717) is 5.02 Å². The van der Waals surface area contributed by atoms with Crippen molar-refractivity contribution in [2.45, 2.75) is 17.3 Å². The molecule has 0 unspecified atom stereocenters. The lowest BCUT2D eigenvalue weighted by Gasteiger charge is -2.12. The normalized spacial score (nSPS) is 14.9. The molecule has 1 heterocycles. The molecule has 24 heavy (non-hydrogen) atoms. The third-order valence-electron chi connectivity index (χ3n) is 3.22. The standard InChI is InChI=1S/C16H11ClF3N2S2/c1-10-2-5-12(8-14(10)17)22-9-23-15(21-22)11-3-6-13(7-4-11)24-16(18,19)20/h2-9H,1H3. The van der Waals surface area contributed by atoms with Crippen LogP contribution in [-0.4, -0.2) is 10.6 Å². The lowest BCUT2D eigenvalue weighted by molar-refractivity contribution is -0.0328. The van der Waals surface area contributed by atoms with Crippen LogP contribution in [0, 0.1) is 12.8 Å². The largest absolute Gasteiger partial charge is 0.446 e. The van der Waals surface area contributed by atoms with Crippen molar-refractivity contribution in [3.8, 4) is 0 Å². The Kier molecular flexibility index (Phi) is 5.03. The molecule has 0 amide bonds. The lowest BCUT2D eigenvalue weighted by Crippen LogP contribution is -2.06. The van der Waals surface area contributed by atoms with Crippen LogP contribution in [0.5, 0.6) is 0 Å². The number of halogens is 4. The lowest BCUT2D eigenvalue weighted by atomic mass is 10.2. The summed E-state index contributed by atoms with van der Waals surface area (Å²) in [6, 6.07) is 11.8. The zero-order valence-corrected chi connectivity index (χ0v) is 14.7. The van der Waals surface area contributed by atoms with Gasteiger partial charge in [0.25, 0.3) is 0 Å². The number of nitrogens with zero attached hydrogens (tertiary/aromatic N) is 2. The van der Waals surface area contributed by atoms with Crippen molar-refractivity contribution in [2.24, 2.45) is 5.10 Å². The molecule has 0 N–H and O–H groups in total. The second kappa shape index (κ2) is 6.90. The maximum absolute atomic E-state index is 12.4. The monoisotopic (exact) mass is 387 g/mol. The van der Waals surface area contributed by atoms with Crippen LogP contribution in [0.2, 0.25) is 5.02 Å². The topological polar surface area (TPSA) is 15.6 Å². The molecule has 1 aliphatic heterocycles. The molecule has 0 saturated heterocycles. The average Bonchev–Trinajstić information content (AvgIpc) is 2.99. The van der Waals surface area contributed by atoms with Gasteiger partial charge >= 0.3 is 5.51 Å². The van der Waals surface area contributed by atoms with E-state index >= 15 is 0 Å². The van der Waals surface area contributed by atoms with Crippen molar-refractivity contribution in [2.75, 3.05) is 5.01 Å². The number of thioether (sulfide) groups is 2. The van der Waals surface area contributed by atoms with Crippen molar-refractivity contribution in [1.82, 2.24) is 0 Å². The van der Waals surface area contributed by atoms with Crippen LogP contribution in [0.3, 0.4) is 0 Å². The molecule has 0 spiro atoms. The van der Waals surface area contributed by atoms with Gasteiger partial charge in [-0.3, -0.25) is 0 Å². The number of rotatable bonds is 3. The Bertz CT molecular complexity index is 776. The smallest absolute Gasteiger partial charge is 0.248 e. The highest BCUT2D eigenvalue weighted by atomic mass is 35.5. The van der Waals surface area contributed by atoms with E-state index in [-0.39, 0.29) is 16.7 Å². The van der Waals surface area contributed by atoms with Crippen LogP contribution in [-0.2, 0) is 0 Å². The van der Waals surface area contributed by atoms with Crippen molar-refractivity contribution < 1.29 is 13.2 Å². The molecule has 2 aromatic rings. The van der Waals surface area contributed by atoms with Gasteiger partial charge in [0, 0.05) is 15.5 Å². The highest BCUT2D eigenvalue weighted by molar-refractivity contribution is 8.16. The quantitative estimate of drug-likeness (QED) is 0.575. The molecule has 8 heteroatoms. The first-order chi connectivity index (χ1) is 11.3. The number of hydrogen-bond donors (Lipinski definition) is 0. The second-order valence-corrected chi connectivity index (χ2v) is 7.36. The first-order valence-electron chi connectivity index (χ1n) is 6.82. The summed E-state index contributed by atoms with van der Waals surface area (Å²) >= 11 is 7.40. The van der Waals surface area contributed by atoms with Gasteiger partial charge in [-0.2, -0.15) is 18.3 Å². The summed E-state index contributed by atoms with van der Waals surface area (Å²) in [6.07, 6.45) is 0. The summed E-state index contributed by atoms with van der Waals surface area (Å²) in [5.41, 5.74) is -1.70. The number of aryl methyl sites for hydroxylation is 1. The van der Waals surface area contributed by atoms with Gasteiger partial charge in [0.1, 0.15) is 10.9 Å². The van der Waals surface area contributed by atoms with Gasteiger partial charge in [0.2, 0.25) is 0 Å². The van der Waals surface area contributed by atoms with E-state index in [1.54, 1.807) is 17.1 Å². The van der Waals surface area contributed by atoms with E-state index in [2.05, 4.69) is 5.10 Å². The van der Waals surface area contributed by atoms with Gasteiger partial charge in [-0.1, -0.05) is 41.6 Å². The van der Waals surface area contributed by atoms with E-state index in [9.17, 15) is 13.2 Å². The van der Waals surface area contributed by atoms with Crippen molar-refractivity contribution in [1.29, 1.82) is 0 Å². The van der Waals surface area contributed by atoms with E-state index in [4.69, 9.17) is 11.6 Å². The van der Waals surface area contributed by atoms with E-state index in [1.807, 2.05) is 31.0 Å². The Morgan fingerprint density at radius 3 is 2.46 bits per heavy atom. The van der Waals surface area contributed by atoms with Crippen molar-refractivity contribution >= 4 is 45.9 Å². The van der Waals surface area contributed by atoms with Crippen LogP contribution < -0.4 is 5.01 Å².